The van der Waals surface area contributed by atoms with Crippen molar-refractivity contribution in [1.29, 1.82) is 0 Å². The van der Waals surface area contributed by atoms with Gasteiger partial charge in [-0.2, -0.15) is 0 Å². The number of carbonyl (C=O) groups is 1. The molecule has 0 saturated carbocycles. The van der Waals surface area contributed by atoms with Gasteiger partial charge >= 0.3 is 0 Å². The predicted octanol–water partition coefficient (Wildman–Crippen LogP) is 2.51. The number of rotatable bonds is 6. The minimum atomic E-state index is 0.0828. The molecule has 6 heteroatoms. The van der Waals surface area contributed by atoms with Gasteiger partial charge in [-0.1, -0.05) is 30.3 Å². The van der Waals surface area contributed by atoms with Crippen LogP contribution in [-0.2, 0) is 4.79 Å². The lowest BCUT2D eigenvalue weighted by Gasteiger charge is -2.25. The number of amides is 1. The van der Waals surface area contributed by atoms with Gasteiger partial charge in [0, 0.05) is 32.0 Å². The molecule has 1 fully saturated rings. The van der Waals surface area contributed by atoms with Crippen molar-refractivity contribution in [1.82, 2.24) is 14.9 Å². The van der Waals surface area contributed by atoms with Gasteiger partial charge in [-0.3, -0.25) is 4.79 Å². The number of carbonyl (C=O) groups excluding carboxylic acids is 1. The summed E-state index contributed by atoms with van der Waals surface area (Å²) in [6.45, 7) is 3.15. The third-order valence-corrected chi connectivity index (χ3v) is 4.31. The minimum Gasteiger partial charge on any atom is -0.478 e. The van der Waals surface area contributed by atoms with Gasteiger partial charge in [-0.25, -0.2) is 9.97 Å². The van der Waals surface area contributed by atoms with E-state index in [4.69, 9.17) is 4.74 Å². The van der Waals surface area contributed by atoms with Crippen molar-refractivity contribution in [3.63, 3.8) is 0 Å². The summed E-state index contributed by atoms with van der Waals surface area (Å²) in [5.41, 5.74) is 1.16. The molecule has 0 spiro atoms. The summed E-state index contributed by atoms with van der Waals surface area (Å²) < 4.78 is 5.39. The van der Waals surface area contributed by atoms with Crippen LogP contribution in [0.3, 0.4) is 0 Å². The van der Waals surface area contributed by atoms with Crippen molar-refractivity contribution in [3.8, 4) is 5.88 Å². The second-order valence-electron chi connectivity index (χ2n) is 5.88. The van der Waals surface area contributed by atoms with Gasteiger partial charge in [0.2, 0.25) is 11.8 Å². The number of hydrogen-bond donors (Lipinski definition) is 1. The van der Waals surface area contributed by atoms with Crippen LogP contribution in [0.1, 0.15) is 24.9 Å². The van der Waals surface area contributed by atoms with E-state index in [0.717, 1.165) is 5.56 Å². The minimum absolute atomic E-state index is 0.0828. The number of aromatic nitrogens is 2. The number of nitrogens with one attached hydrogen (secondary N) is 1. The predicted molar refractivity (Wildman–Crippen MR) is 91.8 cm³/mol. The maximum Gasteiger partial charge on any atom is 0.223 e. The first-order valence-electron chi connectivity index (χ1n) is 8.18. The van der Waals surface area contributed by atoms with E-state index >= 15 is 0 Å². The molecule has 3 rings (SSSR count). The van der Waals surface area contributed by atoms with E-state index in [1.54, 1.807) is 6.07 Å². The first-order valence-corrected chi connectivity index (χ1v) is 8.18. The maximum absolute atomic E-state index is 12.2. The van der Waals surface area contributed by atoms with Crippen molar-refractivity contribution in [2.24, 2.45) is 5.92 Å². The number of hydrogen-bond acceptors (Lipinski definition) is 5. The van der Waals surface area contributed by atoms with E-state index < -0.39 is 0 Å². The molecule has 1 aromatic heterocycles. The molecule has 24 heavy (non-hydrogen) atoms. The number of anilines is 1. The Morgan fingerprint density at radius 1 is 1.29 bits per heavy atom. The average Bonchev–Trinajstić information content (AvgIpc) is 2.89. The van der Waals surface area contributed by atoms with Crippen molar-refractivity contribution in [2.75, 3.05) is 25.5 Å². The molecule has 2 heterocycles. The highest BCUT2D eigenvalue weighted by Gasteiger charge is 2.38. The Morgan fingerprint density at radius 3 is 2.83 bits per heavy atom. The summed E-state index contributed by atoms with van der Waals surface area (Å²) in [5.74, 6) is 1.63. The molecule has 0 bridgehead atoms. The normalized spacial score (nSPS) is 20.2. The van der Waals surface area contributed by atoms with Gasteiger partial charge in [0.25, 0.3) is 0 Å². The maximum atomic E-state index is 12.2. The van der Waals surface area contributed by atoms with Crippen LogP contribution < -0.4 is 10.1 Å². The van der Waals surface area contributed by atoms with Crippen LogP contribution in [0, 0.1) is 5.92 Å². The SMILES string of the molecule is CCOc1cc(NC[C@@H]2CC(=O)N(C)[C@@H]2c2ccccc2)ncn1. The molecule has 2 atom stereocenters. The van der Waals surface area contributed by atoms with Crippen LogP contribution >= 0.6 is 0 Å². The Hall–Kier alpha value is -2.63. The van der Waals surface area contributed by atoms with Crippen molar-refractivity contribution in [3.05, 3.63) is 48.3 Å². The lowest BCUT2D eigenvalue weighted by atomic mass is 9.93. The number of likely N-dealkylation sites (tertiary alicyclic amines) is 1. The van der Waals surface area contributed by atoms with Gasteiger partial charge < -0.3 is 15.0 Å². The van der Waals surface area contributed by atoms with E-state index in [1.807, 2.05) is 37.1 Å². The van der Waals surface area contributed by atoms with E-state index in [0.29, 0.717) is 31.3 Å². The van der Waals surface area contributed by atoms with Gasteiger partial charge in [0.1, 0.15) is 12.1 Å². The number of benzene rings is 1. The molecule has 0 radical (unpaired) electrons. The lowest BCUT2D eigenvalue weighted by Crippen LogP contribution is -2.26. The summed E-state index contributed by atoms with van der Waals surface area (Å²) in [7, 11) is 1.87. The van der Waals surface area contributed by atoms with E-state index in [9.17, 15) is 4.79 Å². The molecule has 1 N–H and O–H groups in total. The molecule has 1 saturated heterocycles. The second kappa shape index (κ2) is 7.29. The summed E-state index contributed by atoms with van der Waals surface area (Å²) >= 11 is 0. The molecule has 126 valence electrons. The van der Waals surface area contributed by atoms with Gasteiger partial charge in [-0.05, 0) is 12.5 Å². The molecule has 2 aromatic rings. The fourth-order valence-electron chi connectivity index (χ4n) is 3.18. The van der Waals surface area contributed by atoms with Crippen LogP contribution in [0.15, 0.2) is 42.7 Å². The Balaban J connectivity index is 1.71. The second-order valence-corrected chi connectivity index (χ2v) is 5.88. The zero-order chi connectivity index (χ0) is 16.9. The largest absolute Gasteiger partial charge is 0.478 e. The smallest absolute Gasteiger partial charge is 0.223 e. The van der Waals surface area contributed by atoms with Crippen molar-refractivity contribution >= 4 is 11.7 Å². The summed E-state index contributed by atoms with van der Waals surface area (Å²) in [6.07, 6.45) is 2.01. The van der Waals surface area contributed by atoms with Crippen LogP contribution in [-0.4, -0.2) is 41.0 Å². The number of ether oxygens (including phenoxy) is 1. The lowest BCUT2D eigenvalue weighted by molar-refractivity contribution is -0.127. The molecular weight excluding hydrogens is 304 g/mol. The first-order chi connectivity index (χ1) is 11.7. The molecule has 0 unspecified atom stereocenters. The van der Waals surface area contributed by atoms with Crippen LogP contribution in [0.5, 0.6) is 5.88 Å². The molecular formula is C18H22N4O2. The van der Waals surface area contributed by atoms with Gasteiger partial charge in [0.05, 0.1) is 12.6 Å². The quantitative estimate of drug-likeness (QED) is 0.883. The first kappa shape index (κ1) is 16.2. The molecule has 6 nitrogen and oxygen atoms in total. The highest BCUT2D eigenvalue weighted by molar-refractivity contribution is 5.79. The zero-order valence-electron chi connectivity index (χ0n) is 14.0. The molecule has 1 aromatic carbocycles. The van der Waals surface area contributed by atoms with Crippen LogP contribution in [0.2, 0.25) is 0 Å². The number of nitrogens with zero attached hydrogens (tertiary/aromatic N) is 3. The zero-order valence-corrected chi connectivity index (χ0v) is 14.0. The summed E-state index contributed by atoms with van der Waals surface area (Å²) in [6, 6.07) is 12.0. The average molecular weight is 326 g/mol. The van der Waals surface area contributed by atoms with Crippen molar-refractivity contribution in [2.45, 2.75) is 19.4 Å². The fourth-order valence-corrected chi connectivity index (χ4v) is 3.18. The summed E-state index contributed by atoms with van der Waals surface area (Å²) in [5, 5.41) is 3.32. The van der Waals surface area contributed by atoms with Gasteiger partial charge in [0.15, 0.2) is 0 Å². The molecule has 0 aliphatic carbocycles. The Kier molecular flexibility index (Phi) is 4.93. The monoisotopic (exact) mass is 326 g/mol. The van der Waals surface area contributed by atoms with E-state index in [-0.39, 0.29) is 17.9 Å². The Labute approximate surface area is 141 Å². The third-order valence-electron chi connectivity index (χ3n) is 4.31. The van der Waals surface area contributed by atoms with E-state index in [1.165, 1.54) is 6.33 Å². The fraction of sp³-hybridized carbons (Fsp3) is 0.389. The van der Waals surface area contributed by atoms with Gasteiger partial charge in [-0.15, -0.1) is 0 Å². The molecule has 1 amide bonds. The Bertz CT molecular complexity index is 692. The summed E-state index contributed by atoms with van der Waals surface area (Å²) in [4.78, 5) is 22.3. The third kappa shape index (κ3) is 3.48. The van der Waals surface area contributed by atoms with E-state index in [2.05, 4.69) is 27.4 Å². The van der Waals surface area contributed by atoms with Crippen molar-refractivity contribution < 1.29 is 9.53 Å². The van der Waals surface area contributed by atoms with Crippen LogP contribution in [0.25, 0.3) is 0 Å². The topological polar surface area (TPSA) is 67.3 Å². The molecule has 1 aliphatic rings. The molecule has 1 aliphatic heterocycles. The Morgan fingerprint density at radius 2 is 2.08 bits per heavy atom. The highest BCUT2D eigenvalue weighted by Crippen LogP contribution is 2.36. The standard InChI is InChI=1S/C18H22N4O2/c1-3-24-16-10-15(20-12-21-16)19-11-14-9-17(23)22(2)18(14)13-7-5-4-6-8-13/h4-8,10,12,14,18H,3,9,11H2,1-2H3,(H,19,20,21)/t14-,18+/m0/s1. The highest BCUT2D eigenvalue weighted by atomic mass is 16.5. The van der Waals surface area contributed by atoms with Crippen LogP contribution in [0.4, 0.5) is 5.82 Å².